The summed E-state index contributed by atoms with van der Waals surface area (Å²) in [6.45, 7) is 6.03. The molecule has 1 rings (SSSR count). The van der Waals surface area contributed by atoms with E-state index in [0.29, 0.717) is 11.4 Å². The first-order valence-electron chi connectivity index (χ1n) is 8.82. The van der Waals surface area contributed by atoms with Crippen molar-refractivity contribution in [3.63, 3.8) is 0 Å². The molecule has 0 aromatic rings. The number of carbonyl (C=O) groups is 1. The maximum Gasteiger partial charge on any atom is 0.243 e. The number of guanidine groups is 1. The van der Waals surface area contributed by atoms with E-state index in [9.17, 15) is 4.79 Å². The molecule has 1 amide bonds. The molecule has 1 fully saturated rings. The summed E-state index contributed by atoms with van der Waals surface area (Å²) in [6.07, 6.45) is 4.41. The largest absolute Gasteiger partial charge is 0.385 e. The second-order valence-corrected chi connectivity index (χ2v) is 6.53. The van der Waals surface area contributed by atoms with Gasteiger partial charge >= 0.3 is 0 Å². The van der Waals surface area contributed by atoms with E-state index in [1.54, 1.807) is 26.1 Å². The highest BCUT2D eigenvalue weighted by molar-refractivity contribution is 5.84. The van der Waals surface area contributed by atoms with Gasteiger partial charge in [0.25, 0.3) is 0 Å². The molecular weight excluding hydrogens is 308 g/mol. The monoisotopic (exact) mass is 342 g/mol. The summed E-state index contributed by atoms with van der Waals surface area (Å²) < 4.78 is 10.5. The van der Waals surface area contributed by atoms with E-state index in [1.807, 2.05) is 6.92 Å². The Balaban J connectivity index is 2.44. The van der Waals surface area contributed by atoms with Crippen molar-refractivity contribution in [1.82, 2.24) is 15.5 Å². The first kappa shape index (κ1) is 20.7. The predicted octanol–water partition coefficient (Wildman–Crippen LogP) is 0.853. The fourth-order valence-corrected chi connectivity index (χ4v) is 2.27. The topological polar surface area (TPSA) is 75.2 Å². The van der Waals surface area contributed by atoms with Gasteiger partial charge in [0.2, 0.25) is 5.91 Å². The molecule has 0 aromatic carbocycles. The molecule has 2 N–H and O–H groups in total. The number of ether oxygens (including phenoxy) is 2. The number of aliphatic imine (C=N–C) groups is 1. The highest BCUT2D eigenvalue weighted by Crippen LogP contribution is 2.48. The van der Waals surface area contributed by atoms with Gasteiger partial charge < -0.3 is 25.0 Å². The van der Waals surface area contributed by atoms with Crippen molar-refractivity contribution in [2.75, 3.05) is 60.7 Å². The van der Waals surface area contributed by atoms with E-state index in [-0.39, 0.29) is 12.5 Å². The smallest absolute Gasteiger partial charge is 0.243 e. The van der Waals surface area contributed by atoms with Gasteiger partial charge in [-0.25, -0.2) is 4.99 Å². The number of nitrogens with zero attached hydrogens (tertiary/aromatic N) is 2. The van der Waals surface area contributed by atoms with Gasteiger partial charge in [0.15, 0.2) is 5.96 Å². The molecule has 0 unspecified atom stereocenters. The Bertz CT molecular complexity index is 395. The molecule has 0 spiro atoms. The van der Waals surface area contributed by atoms with E-state index in [2.05, 4.69) is 15.6 Å². The van der Waals surface area contributed by atoms with Crippen molar-refractivity contribution in [3.05, 3.63) is 0 Å². The average Bonchev–Trinajstić information content (AvgIpc) is 3.34. The van der Waals surface area contributed by atoms with E-state index in [1.165, 1.54) is 12.8 Å². The summed E-state index contributed by atoms with van der Waals surface area (Å²) in [7, 11) is 5.22. The first-order chi connectivity index (χ1) is 11.5. The molecule has 0 aliphatic heterocycles. The van der Waals surface area contributed by atoms with E-state index in [0.717, 1.165) is 45.8 Å². The number of nitrogens with one attached hydrogen (secondary N) is 2. The normalized spacial score (nSPS) is 15.9. The second-order valence-electron chi connectivity index (χ2n) is 6.53. The van der Waals surface area contributed by atoms with Crippen LogP contribution in [0.5, 0.6) is 0 Å². The van der Waals surface area contributed by atoms with Crippen molar-refractivity contribution in [2.24, 2.45) is 10.4 Å². The van der Waals surface area contributed by atoms with Crippen LogP contribution in [-0.2, 0) is 14.3 Å². The highest BCUT2D eigenvalue weighted by atomic mass is 16.5. The molecule has 0 aromatic heterocycles. The maximum absolute atomic E-state index is 11.7. The lowest BCUT2D eigenvalue weighted by Gasteiger charge is -2.19. The van der Waals surface area contributed by atoms with Gasteiger partial charge in [-0.15, -0.1) is 0 Å². The summed E-state index contributed by atoms with van der Waals surface area (Å²) in [5.41, 5.74) is 0.329. The van der Waals surface area contributed by atoms with Gasteiger partial charge in [0, 0.05) is 54.1 Å². The van der Waals surface area contributed by atoms with Crippen LogP contribution in [-0.4, -0.2) is 77.4 Å². The quantitative estimate of drug-likeness (QED) is 0.312. The first-order valence-corrected chi connectivity index (χ1v) is 8.82. The van der Waals surface area contributed by atoms with E-state index in [4.69, 9.17) is 9.47 Å². The molecule has 7 nitrogen and oxygen atoms in total. The Hall–Kier alpha value is -1.34. The maximum atomic E-state index is 11.7. The SMILES string of the molecule is CCOCCCNC(=NCC(=O)N(C)C)NCC1(CCOC)CC1. The highest BCUT2D eigenvalue weighted by Gasteiger charge is 2.41. The minimum atomic E-state index is -0.00839. The minimum Gasteiger partial charge on any atom is -0.385 e. The van der Waals surface area contributed by atoms with Gasteiger partial charge in [0.05, 0.1) is 0 Å². The van der Waals surface area contributed by atoms with Crippen LogP contribution in [0.25, 0.3) is 0 Å². The number of likely N-dealkylation sites (N-methyl/N-ethyl adjacent to an activating group) is 1. The standard InChI is InChI=1S/C17H34N4O3/c1-5-24-11-6-10-18-16(19-13-15(22)21(2)3)20-14-17(7-8-17)9-12-23-4/h5-14H2,1-4H3,(H2,18,19,20). The molecule has 0 saturated heterocycles. The van der Waals surface area contributed by atoms with Crippen LogP contribution in [0.1, 0.15) is 32.6 Å². The Labute approximate surface area is 146 Å². The number of amides is 1. The van der Waals surface area contributed by atoms with Crippen LogP contribution < -0.4 is 10.6 Å². The van der Waals surface area contributed by atoms with Gasteiger partial charge in [-0.05, 0) is 38.0 Å². The molecule has 140 valence electrons. The summed E-state index contributed by atoms with van der Waals surface area (Å²) in [6, 6.07) is 0. The summed E-state index contributed by atoms with van der Waals surface area (Å²) in [5, 5.41) is 6.67. The van der Waals surface area contributed by atoms with Crippen molar-refractivity contribution >= 4 is 11.9 Å². The average molecular weight is 342 g/mol. The van der Waals surface area contributed by atoms with Crippen LogP contribution in [0.4, 0.5) is 0 Å². The van der Waals surface area contributed by atoms with Crippen LogP contribution in [0.3, 0.4) is 0 Å². The van der Waals surface area contributed by atoms with Crippen LogP contribution in [0.15, 0.2) is 4.99 Å². The summed E-state index contributed by atoms with van der Waals surface area (Å²) in [5.74, 6) is 0.691. The zero-order valence-corrected chi connectivity index (χ0v) is 15.7. The zero-order valence-electron chi connectivity index (χ0n) is 15.7. The Morgan fingerprint density at radius 1 is 1.25 bits per heavy atom. The van der Waals surface area contributed by atoms with Gasteiger partial charge in [-0.1, -0.05) is 0 Å². The molecule has 0 atom stereocenters. The van der Waals surface area contributed by atoms with Crippen LogP contribution in [0.2, 0.25) is 0 Å². The van der Waals surface area contributed by atoms with E-state index < -0.39 is 0 Å². The number of rotatable bonds is 12. The van der Waals surface area contributed by atoms with Gasteiger partial charge in [-0.3, -0.25) is 4.79 Å². The van der Waals surface area contributed by atoms with Gasteiger partial charge in [0.1, 0.15) is 6.54 Å². The third kappa shape index (κ3) is 8.49. The number of carbonyl (C=O) groups excluding carboxylic acids is 1. The fraction of sp³-hybridized carbons (Fsp3) is 0.882. The number of hydrogen-bond donors (Lipinski definition) is 2. The van der Waals surface area contributed by atoms with Crippen molar-refractivity contribution in [2.45, 2.75) is 32.6 Å². The van der Waals surface area contributed by atoms with Crippen LogP contribution >= 0.6 is 0 Å². The van der Waals surface area contributed by atoms with Crippen LogP contribution in [0, 0.1) is 5.41 Å². The molecule has 0 bridgehead atoms. The predicted molar refractivity (Wildman–Crippen MR) is 96.3 cm³/mol. The second kappa shape index (κ2) is 11.3. The lowest BCUT2D eigenvalue weighted by molar-refractivity contribution is -0.127. The Morgan fingerprint density at radius 3 is 2.58 bits per heavy atom. The number of hydrogen-bond acceptors (Lipinski definition) is 4. The zero-order chi connectivity index (χ0) is 17.8. The molecule has 7 heteroatoms. The lowest BCUT2D eigenvalue weighted by atomic mass is 10.0. The third-order valence-corrected chi connectivity index (χ3v) is 4.26. The van der Waals surface area contributed by atoms with E-state index >= 15 is 0 Å². The third-order valence-electron chi connectivity index (χ3n) is 4.26. The molecular formula is C17H34N4O3. The molecule has 0 heterocycles. The van der Waals surface area contributed by atoms with Crippen molar-refractivity contribution in [1.29, 1.82) is 0 Å². The summed E-state index contributed by atoms with van der Waals surface area (Å²) in [4.78, 5) is 17.7. The summed E-state index contributed by atoms with van der Waals surface area (Å²) >= 11 is 0. The van der Waals surface area contributed by atoms with Crippen molar-refractivity contribution < 1.29 is 14.3 Å². The fourth-order valence-electron chi connectivity index (χ4n) is 2.27. The lowest BCUT2D eigenvalue weighted by Crippen LogP contribution is -2.42. The van der Waals surface area contributed by atoms with Gasteiger partial charge in [-0.2, -0.15) is 0 Å². The Morgan fingerprint density at radius 2 is 2.00 bits per heavy atom. The molecule has 0 radical (unpaired) electrons. The van der Waals surface area contributed by atoms with Crippen molar-refractivity contribution in [3.8, 4) is 0 Å². The minimum absolute atomic E-state index is 0.00839. The Kier molecular flexibility index (Phi) is 9.71. The molecule has 1 saturated carbocycles. The number of methoxy groups -OCH3 is 1. The molecule has 24 heavy (non-hydrogen) atoms. The molecule has 1 aliphatic rings. The molecule has 1 aliphatic carbocycles.